The molecule has 8 heteroatoms. The standard InChI is InChI=1S/C28H30N6OS/c1-20-6-10-25(11-7-20)34-26(22-14-16-29-17-15-22)31-32-28(34)36-21(2)27(35)30-23-8-12-24(13-9-23)33-18-4-3-5-19-33/h6-17,21H,3-5,18-19H2,1-2H3,(H,30,35). The topological polar surface area (TPSA) is 75.9 Å². The molecule has 0 spiro atoms. The quantitative estimate of drug-likeness (QED) is 0.327. The minimum atomic E-state index is -0.370. The Bertz CT molecular complexity index is 1300. The Hall–Kier alpha value is -3.65. The molecular formula is C28H30N6OS. The second kappa shape index (κ2) is 11.0. The summed E-state index contributed by atoms with van der Waals surface area (Å²) in [5.41, 5.74) is 5.04. The van der Waals surface area contributed by atoms with Crippen LogP contribution in [0.4, 0.5) is 11.4 Å². The molecule has 1 aliphatic heterocycles. The second-order valence-corrected chi connectivity index (χ2v) is 10.4. The second-order valence-electron chi connectivity index (χ2n) is 9.06. The van der Waals surface area contributed by atoms with E-state index >= 15 is 0 Å². The van der Waals surface area contributed by atoms with Crippen molar-refractivity contribution in [3.8, 4) is 17.1 Å². The van der Waals surface area contributed by atoms with Gasteiger partial charge in [0, 0.05) is 48.1 Å². The van der Waals surface area contributed by atoms with Crippen molar-refractivity contribution in [2.45, 2.75) is 43.5 Å². The van der Waals surface area contributed by atoms with Crippen LogP contribution in [-0.2, 0) is 4.79 Å². The van der Waals surface area contributed by atoms with Crippen LogP contribution in [-0.4, -0.2) is 44.0 Å². The number of nitrogens with zero attached hydrogens (tertiary/aromatic N) is 5. The normalized spacial score (nSPS) is 14.4. The van der Waals surface area contributed by atoms with E-state index in [2.05, 4.69) is 56.6 Å². The van der Waals surface area contributed by atoms with Gasteiger partial charge in [-0.25, -0.2) is 0 Å². The highest BCUT2D eigenvalue weighted by atomic mass is 32.2. The predicted octanol–water partition coefficient (Wildman–Crippen LogP) is 5.75. The maximum Gasteiger partial charge on any atom is 0.237 e. The van der Waals surface area contributed by atoms with Crippen molar-refractivity contribution in [3.63, 3.8) is 0 Å². The zero-order valence-corrected chi connectivity index (χ0v) is 21.4. The van der Waals surface area contributed by atoms with E-state index in [0.29, 0.717) is 11.0 Å². The van der Waals surface area contributed by atoms with Crippen molar-refractivity contribution < 1.29 is 4.79 Å². The number of carbonyl (C=O) groups excluding carboxylic acids is 1. The lowest BCUT2D eigenvalue weighted by molar-refractivity contribution is -0.115. The van der Waals surface area contributed by atoms with Crippen LogP contribution in [0.3, 0.4) is 0 Å². The molecule has 2 aromatic heterocycles. The van der Waals surface area contributed by atoms with Gasteiger partial charge in [-0.15, -0.1) is 10.2 Å². The average Bonchev–Trinajstić information content (AvgIpc) is 3.34. The Morgan fingerprint density at radius 2 is 1.56 bits per heavy atom. The van der Waals surface area contributed by atoms with Gasteiger partial charge in [0.25, 0.3) is 0 Å². The lowest BCUT2D eigenvalue weighted by atomic mass is 10.1. The number of aromatic nitrogens is 4. The summed E-state index contributed by atoms with van der Waals surface area (Å²) < 4.78 is 2.00. The molecule has 4 aromatic rings. The van der Waals surface area contributed by atoms with Crippen molar-refractivity contribution in [1.82, 2.24) is 19.7 Å². The van der Waals surface area contributed by atoms with Crippen molar-refractivity contribution in [1.29, 1.82) is 0 Å². The van der Waals surface area contributed by atoms with E-state index in [4.69, 9.17) is 0 Å². The van der Waals surface area contributed by atoms with Crippen LogP contribution in [0.2, 0.25) is 0 Å². The molecule has 0 aliphatic carbocycles. The number of hydrogen-bond donors (Lipinski definition) is 1. The van der Waals surface area contributed by atoms with E-state index < -0.39 is 0 Å². The Labute approximate surface area is 216 Å². The fourth-order valence-electron chi connectivity index (χ4n) is 4.32. The summed E-state index contributed by atoms with van der Waals surface area (Å²) >= 11 is 1.39. The minimum absolute atomic E-state index is 0.0744. The van der Waals surface area contributed by atoms with Gasteiger partial charge in [-0.05, 0) is 81.6 Å². The number of anilines is 2. The lowest BCUT2D eigenvalue weighted by Crippen LogP contribution is -2.29. The maximum atomic E-state index is 13.1. The molecule has 1 fully saturated rings. The number of piperidine rings is 1. The number of benzene rings is 2. The molecule has 7 nitrogen and oxygen atoms in total. The third-order valence-corrected chi connectivity index (χ3v) is 7.41. The third kappa shape index (κ3) is 5.44. The highest BCUT2D eigenvalue weighted by molar-refractivity contribution is 8.00. The highest BCUT2D eigenvalue weighted by Gasteiger charge is 2.22. The first-order valence-corrected chi connectivity index (χ1v) is 13.2. The van der Waals surface area contributed by atoms with Gasteiger partial charge in [-0.3, -0.25) is 14.3 Å². The minimum Gasteiger partial charge on any atom is -0.372 e. The van der Waals surface area contributed by atoms with E-state index in [9.17, 15) is 4.79 Å². The predicted molar refractivity (Wildman–Crippen MR) is 146 cm³/mol. The number of thioether (sulfide) groups is 1. The summed E-state index contributed by atoms with van der Waals surface area (Å²) in [5.74, 6) is 0.638. The van der Waals surface area contributed by atoms with Gasteiger partial charge in [0.2, 0.25) is 5.91 Å². The molecular weight excluding hydrogens is 468 g/mol. The molecule has 1 aliphatic rings. The molecule has 1 unspecified atom stereocenters. The number of aryl methyl sites for hydroxylation is 1. The molecule has 1 N–H and O–H groups in total. The van der Waals surface area contributed by atoms with E-state index in [0.717, 1.165) is 30.0 Å². The Kier molecular flexibility index (Phi) is 7.32. The van der Waals surface area contributed by atoms with Gasteiger partial charge in [0.15, 0.2) is 11.0 Å². The van der Waals surface area contributed by atoms with Gasteiger partial charge >= 0.3 is 0 Å². The Morgan fingerprint density at radius 3 is 2.25 bits per heavy atom. The molecule has 0 saturated carbocycles. The molecule has 36 heavy (non-hydrogen) atoms. The monoisotopic (exact) mass is 498 g/mol. The Morgan fingerprint density at radius 1 is 0.889 bits per heavy atom. The fraction of sp³-hybridized carbons (Fsp3) is 0.286. The molecule has 5 rings (SSSR count). The molecule has 0 radical (unpaired) electrons. The summed E-state index contributed by atoms with van der Waals surface area (Å²) in [5, 5.41) is 12.3. The first-order chi connectivity index (χ1) is 17.6. The number of hydrogen-bond acceptors (Lipinski definition) is 6. The van der Waals surface area contributed by atoms with Gasteiger partial charge < -0.3 is 10.2 Å². The van der Waals surface area contributed by atoms with Crippen LogP contribution >= 0.6 is 11.8 Å². The third-order valence-electron chi connectivity index (χ3n) is 6.37. The molecule has 1 atom stereocenters. The first kappa shape index (κ1) is 24.1. The van der Waals surface area contributed by atoms with Gasteiger partial charge in [0.05, 0.1) is 5.25 Å². The number of nitrogens with one attached hydrogen (secondary N) is 1. The van der Waals surface area contributed by atoms with Crippen molar-refractivity contribution >= 4 is 29.0 Å². The Balaban J connectivity index is 1.33. The van der Waals surface area contributed by atoms with Crippen LogP contribution in [0.5, 0.6) is 0 Å². The molecule has 1 amide bonds. The zero-order chi connectivity index (χ0) is 24.9. The fourth-order valence-corrected chi connectivity index (χ4v) is 5.19. The zero-order valence-electron chi connectivity index (χ0n) is 20.6. The van der Waals surface area contributed by atoms with Crippen LogP contribution < -0.4 is 10.2 Å². The molecule has 3 heterocycles. The van der Waals surface area contributed by atoms with Gasteiger partial charge in [0.1, 0.15) is 0 Å². The molecule has 2 aromatic carbocycles. The summed E-state index contributed by atoms with van der Waals surface area (Å²) in [6.07, 6.45) is 7.26. The molecule has 1 saturated heterocycles. The SMILES string of the molecule is Cc1ccc(-n2c(SC(C)C(=O)Nc3ccc(N4CCCCC4)cc3)nnc2-c2ccncc2)cc1. The lowest BCUT2D eigenvalue weighted by Gasteiger charge is -2.28. The molecule has 0 bridgehead atoms. The van der Waals surface area contributed by atoms with Crippen molar-refractivity contribution in [2.24, 2.45) is 0 Å². The average molecular weight is 499 g/mol. The summed E-state index contributed by atoms with van der Waals surface area (Å²) in [4.78, 5) is 19.6. The van der Waals surface area contributed by atoms with Crippen LogP contribution in [0.25, 0.3) is 17.1 Å². The van der Waals surface area contributed by atoms with Gasteiger partial charge in [-0.2, -0.15) is 0 Å². The van der Waals surface area contributed by atoms with Crippen LogP contribution in [0.15, 0.2) is 78.2 Å². The molecule has 184 valence electrons. The number of carbonyl (C=O) groups is 1. The van der Waals surface area contributed by atoms with Gasteiger partial charge in [-0.1, -0.05) is 29.5 Å². The largest absolute Gasteiger partial charge is 0.372 e. The maximum absolute atomic E-state index is 13.1. The van der Waals surface area contributed by atoms with Crippen LogP contribution in [0, 0.1) is 6.92 Å². The number of amides is 1. The smallest absolute Gasteiger partial charge is 0.237 e. The van der Waals surface area contributed by atoms with E-state index in [1.165, 1.54) is 42.3 Å². The first-order valence-electron chi connectivity index (χ1n) is 12.3. The van der Waals surface area contributed by atoms with Crippen molar-refractivity contribution in [3.05, 3.63) is 78.6 Å². The number of rotatable bonds is 7. The van der Waals surface area contributed by atoms with E-state index in [1.54, 1.807) is 12.4 Å². The van der Waals surface area contributed by atoms with E-state index in [-0.39, 0.29) is 11.2 Å². The number of pyridine rings is 1. The summed E-state index contributed by atoms with van der Waals surface area (Å²) in [7, 11) is 0. The summed E-state index contributed by atoms with van der Waals surface area (Å²) in [6.45, 7) is 6.15. The van der Waals surface area contributed by atoms with Crippen LogP contribution in [0.1, 0.15) is 31.7 Å². The highest BCUT2D eigenvalue weighted by Crippen LogP contribution is 2.31. The summed E-state index contributed by atoms with van der Waals surface area (Å²) in [6, 6.07) is 20.2. The van der Waals surface area contributed by atoms with Crippen molar-refractivity contribution in [2.75, 3.05) is 23.3 Å². The van der Waals surface area contributed by atoms with E-state index in [1.807, 2.05) is 47.9 Å².